The predicted molar refractivity (Wildman–Crippen MR) is 156 cm³/mol. The Morgan fingerprint density at radius 1 is 1.03 bits per heavy atom. The van der Waals surface area contributed by atoms with Gasteiger partial charge < -0.3 is 15.0 Å². The lowest BCUT2D eigenvalue weighted by molar-refractivity contribution is -0.139. The third-order valence-corrected chi connectivity index (χ3v) is 8.49. The molecular weight excluding hydrogens is 582 g/mol. The molecule has 39 heavy (non-hydrogen) atoms. The Morgan fingerprint density at radius 2 is 1.69 bits per heavy atom. The normalized spacial score (nSPS) is 11.9. The molecule has 1 atom stereocenters. The molecule has 0 unspecified atom stereocenters. The molecule has 3 rings (SSSR count). The average molecular weight is 617 g/mol. The van der Waals surface area contributed by atoms with Gasteiger partial charge in [0.05, 0.1) is 17.7 Å². The number of hydrogen-bond donors (Lipinski definition) is 1. The fourth-order valence-electron chi connectivity index (χ4n) is 3.93. The summed E-state index contributed by atoms with van der Waals surface area (Å²) < 4.78 is 34.8. The summed E-state index contributed by atoms with van der Waals surface area (Å²) in [7, 11) is -2.64. The molecule has 1 N–H and O–H groups in total. The number of rotatable bonds is 12. The lowest BCUT2D eigenvalue weighted by Crippen LogP contribution is -2.51. The number of sulfonamides is 1. The van der Waals surface area contributed by atoms with Crippen LogP contribution in [0.15, 0.2) is 82.2 Å². The second-order valence-corrected chi connectivity index (χ2v) is 11.9. The SMILES string of the molecule is CCCNC(=O)[C@@H](C)N(Cc1cccc(Br)c1)C(=O)CN(c1ccc(C)cc1)S(=O)(=O)c1ccc(OC)cc1. The van der Waals surface area contributed by atoms with Gasteiger partial charge in [-0.3, -0.25) is 13.9 Å². The van der Waals surface area contributed by atoms with Crippen LogP contribution in [0.3, 0.4) is 0 Å². The van der Waals surface area contributed by atoms with Gasteiger partial charge in [0.15, 0.2) is 0 Å². The summed E-state index contributed by atoms with van der Waals surface area (Å²) in [6, 6.07) is 19.5. The number of carbonyl (C=O) groups excluding carboxylic acids is 2. The van der Waals surface area contributed by atoms with Crippen LogP contribution in [0.2, 0.25) is 0 Å². The van der Waals surface area contributed by atoms with Crippen LogP contribution in [-0.4, -0.2) is 51.4 Å². The standard InChI is InChI=1S/C29H34BrN3O5S/c1-5-17-31-29(35)22(3)32(19-23-7-6-8-24(30)18-23)28(34)20-33(25-11-9-21(2)10-12-25)39(36,37)27-15-13-26(38-4)14-16-27/h6-16,18,22H,5,17,19-20H2,1-4H3,(H,31,35)/t22-/m1/s1. The van der Waals surface area contributed by atoms with Gasteiger partial charge in [-0.2, -0.15) is 0 Å². The van der Waals surface area contributed by atoms with Crippen LogP contribution >= 0.6 is 15.9 Å². The Morgan fingerprint density at radius 3 is 2.28 bits per heavy atom. The van der Waals surface area contributed by atoms with Crippen LogP contribution in [0, 0.1) is 6.92 Å². The van der Waals surface area contributed by atoms with Gasteiger partial charge in [-0.15, -0.1) is 0 Å². The van der Waals surface area contributed by atoms with Crippen LogP contribution in [-0.2, 0) is 26.2 Å². The Bertz CT molecular complexity index is 1380. The number of hydrogen-bond acceptors (Lipinski definition) is 5. The van der Waals surface area contributed by atoms with Crippen LogP contribution in [0.25, 0.3) is 0 Å². The number of aryl methyl sites for hydroxylation is 1. The lowest BCUT2D eigenvalue weighted by Gasteiger charge is -2.32. The molecule has 0 aliphatic carbocycles. The van der Waals surface area contributed by atoms with E-state index in [1.165, 1.54) is 24.1 Å². The van der Waals surface area contributed by atoms with Crippen molar-refractivity contribution in [2.45, 2.75) is 44.7 Å². The lowest BCUT2D eigenvalue weighted by atomic mass is 10.1. The van der Waals surface area contributed by atoms with Gasteiger partial charge in [0, 0.05) is 17.6 Å². The zero-order chi connectivity index (χ0) is 28.6. The van der Waals surface area contributed by atoms with E-state index in [2.05, 4.69) is 21.2 Å². The summed E-state index contributed by atoms with van der Waals surface area (Å²) in [5.74, 6) is -0.300. The summed E-state index contributed by atoms with van der Waals surface area (Å²) in [6.45, 7) is 5.60. The van der Waals surface area contributed by atoms with E-state index in [0.29, 0.717) is 18.0 Å². The number of ether oxygens (including phenoxy) is 1. The van der Waals surface area contributed by atoms with Crippen molar-refractivity contribution in [1.82, 2.24) is 10.2 Å². The quantitative estimate of drug-likeness (QED) is 0.312. The van der Waals surface area contributed by atoms with Gasteiger partial charge in [0.2, 0.25) is 11.8 Å². The Kier molecular flexibility index (Phi) is 10.5. The molecular formula is C29H34BrN3O5S. The maximum Gasteiger partial charge on any atom is 0.264 e. The van der Waals surface area contributed by atoms with Crippen LogP contribution in [0.5, 0.6) is 5.75 Å². The first-order valence-electron chi connectivity index (χ1n) is 12.6. The number of halogens is 1. The van der Waals surface area contributed by atoms with Crippen molar-refractivity contribution < 1.29 is 22.7 Å². The molecule has 0 heterocycles. The van der Waals surface area contributed by atoms with E-state index in [0.717, 1.165) is 26.3 Å². The first kappa shape index (κ1) is 30.2. The molecule has 8 nitrogen and oxygen atoms in total. The van der Waals surface area contributed by atoms with Crippen molar-refractivity contribution in [1.29, 1.82) is 0 Å². The molecule has 0 fully saturated rings. The van der Waals surface area contributed by atoms with Gasteiger partial charge in [0.25, 0.3) is 10.0 Å². The highest BCUT2D eigenvalue weighted by atomic mass is 79.9. The minimum atomic E-state index is -4.14. The smallest absolute Gasteiger partial charge is 0.264 e. The highest BCUT2D eigenvalue weighted by Crippen LogP contribution is 2.26. The van der Waals surface area contributed by atoms with Crippen LogP contribution in [0.4, 0.5) is 5.69 Å². The molecule has 0 spiro atoms. The van der Waals surface area contributed by atoms with E-state index < -0.39 is 28.5 Å². The highest BCUT2D eigenvalue weighted by Gasteiger charge is 2.32. The van der Waals surface area contributed by atoms with Gasteiger partial charge in [0.1, 0.15) is 18.3 Å². The van der Waals surface area contributed by atoms with Crippen molar-refractivity contribution >= 4 is 43.5 Å². The zero-order valence-corrected chi connectivity index (χ0v) is 25.0. The minimum Gasteiger partial charge on any atom is -0.497 e. The number of carbonyl (C=O) groups is 2. The van der Waals surface area contributed by atoms with Crippen molar-refractivity contribution in [3.63, 3.8) is 0 Å². The highest BCUT2D eigenvalue weighted by molar-refractivity contribution is 9.10. The van der Waals surface area contributed by atoms with Crippen LogP contribution < -0.4 is 14.4 Å². The largest absolute Gasteiger partial charge is 0.497 e. The summed E-state index contributed by atoms with van der Waals surface area (Å²) in [4.78, 5) is 28.2. The molecule has 2 amide bonds. The minimum absolute atomic E-state index is 0.0175. The molecule has 0 bridgehead atoms. The van der Waals surface area contributed by atoms with E-state index in [9.17, 15) is 18.0 Å². The molecule has 10 heteroatoms. The molecule has 0 saturated carbocycles. The number of amides is 2. The summed E-state index contributed by atoms with van der Waals surface area (Å²) >= 11 is 3.45. The molecule has 0 aliphatic rings. The van der Waals surface area contributed by atoms with Crippen molar-refractivity contribution in [2.24, 2.45) is 0 Å². The molecule has 0 aliphatic heterocycles. The van der Waals surface area contributed by atoms with Crippen LogP contribution in [0.1, 0.15) is 31.4 Å². The third-order valence-electron chi connectivity index (χ3n) is 6.21. The summed E-state index contributed by atoms with van der Waals surface area (Å²) in [6.07, 6.45) is 0.749. The Labute approximate surface area is 239 Å². The molecule has 208 valence electrons. The Hall–Kier alpha value is -3.37. The first-order valence-corrected chi connectivity index (χ1v) is 14.8. The summed E-state index contributed by atoms with van der Waals surface area (Å²) in [5.41, 5.74) is 2.09. The maximum absolute atomic E-state index is 13.9. The van der Waals surface area contributed by atoms with E-state index in [4.69, 9.17) is 4.74 Å². The number of nitrogens with one attached hydrogen (secondary N) is 1. The molecule has 3 aromatic carbocycles. The average Bonchev–Trinajstić information content (AvgIpc) is 2.93. The van der Waals surface area contributed by atoms with E-state index in [1.807, 2.05) is 38.1 Å². The monoisotopic (exact) mass is 615 g/mol. The molecule has 0 radical (unpaired) electrons. The molecule has 3 aromatic rings. The van der Waals surface area contributed by atoms with Gasteiger partial charge in [-0.1, -0.05) is 52.7 Å². The van der Waals surface area contributed by atoms with Gasteiger partial charge >= 0.3 is 0 Å². The third kappa shape index (κ3) is 7.83. The maximum atomic E-state index is 13.9. The molecule has 0 aromatic heterocycles. The van der Waals surface area contributed by atoms with E-state index in [-0.39, 0.29) is 17.3 Å². The van der Waals surface area contributed by atoms with Gasteiger partial charge in [-0.05, 0) is 74.4 Å². The fraction of sp³-hybridized carbons (Fsp3) is 0.310. The van der Waals surface area contributed by atoms with E-state index >= 15 is 0 Å². The number of nitrogens with zero attached hydrogens (tertiary/aromatic N) is 2. The van der Waals surface area contributed by atoms with E-state index in [1.54, 1.807) is 43.3 Å². The predicted octanol–water partition coefficient (Wildman–Crippen LogP) is 4.90. The number of methoxy groups -OCH3 is 1. The second kappa shape index (κ2) is 13.6. The van der Waals surface area contributed by atoms with Crippen molar-refractivity contribution in [3.8, 4) is 5.75 Å². The molecule has 0 saturated heterocycles. The topological polar surface area (TPSA) is 96.0 Å². The zero-order valence-electron chi connectivity index (χ0n) is 22.6. The van der Waals surface area contributed by atoms with Crippen molar-refractivity contribution in [3.05, 3.63) is 88.4 Å². The number of benzene rings is 3. The Balaban J connectivity index is 2.01. The summed E-state index contributed by atoms with van der Waals surface area (Å²) in [5, 5.41) is 2.84. The first-order chi connectivity index (χ1) is 18.6. The fourth-order valence-corrected chi connectivity index (χ4v) is 5.79. The van der Waals surface area contributed by atoms with Gasteiger partial charge in [-0.25, -0.2) is 8.42 Å². The second-order valence-electron chi connectivity index (χ2n) is 9.14. The number of anilines is 1. The van der Waals surface area contributed by atoms with Crippen molar-refractivity contribution in [2.75, 3.05) is 24.5 Å².